The molecule has 0 saturated carbocycles. The van der Waals surface area contributed by atoms with Gasteiger partial charge in [0.15, 0.2) is 0 Å². The molecule has 1 fully saturated rings. The van der Waals surface area contributed by atoms with Crippen molar-refractivity contribution in [3.63, 3.8) is 0 Å². The molecule has 1 N–H and O–H groups in total. The lowest BCUT2D eigenvalue weighted by molar-refractivity contribution is 0.0746. The largest absolute Gasteiger partial charge is 0.497 e. The van der Waals surface area contributed by atoms with Crippen molar-refractivity contribution in [1.29, 1.82) is 0 Å². The Hall–Kier alpha value is -3.61. The van der Waals surface area contributed by atoms with Crippen LogP contribution >= 0.6 is 0 Å². The molecule has 0 spiro atoms. The molecule has 2 heterocycles. The number of aromatic nitrogens is 2. The zero-order valence-electron chi connectivity index (χ0n) is 17.2. The van der Waals surface area contributed by atoms with Crippen molar-refractivity contribution in [2.75, 3.05) is 43.5 Å². The molecule has 7 nitrogen and oxygen atoms in total. The monoisotopic (exact) mass is 403 g/mol. The van der Waals surface area contributed by atoms with Gasteiger partial charge in [-0.25, -0.2) is 4.98 Å². The molecule has 1 amide bonds. The third-order valence-corrected chi connectivity index (χ3v) is 5.06. The van der Waals surface area contributed by atoms with Gasteiger partial charge in [-0.2, -0.15) is 4.98 Å². The smallest absolute Gasteiger partial charge is 0.254 e. The second-order valence-corrected chi connectivity index (χ2v) is 7.20. The first-order chi connectivity index (χ1) is 14.6. The van der Waals surface area contributed by atoms with Gasteiger partial charge >= 0.3 is 0 Å². The number of methoxy groups -OCH3 is 1. The SMILES string of the molecule is COc1cccc(C(=O)N2CCN(c3nc(C)cc(Nc4ccccc4)n3)CC2)c1. The van der Waals surface area contributed by atoms with Gasteiger partial charge in [0.1, 0.15) is 11.6 Å². The van der Waals surface area contributed by atoms with E-state index >= 15 is 0 Å². The van der Waals surface area contributed by atoms with Crippen molar-refractivity contribution in [1.82, 2.24) is 14.9 Å². The van der Waals surface area contributed by atoms with E-state index in [2.05, 4.69) is 20.2 Å². The van der Waals surface area contributed by atoms with Gasteiger partial charge in [0.05, 0.1) is 7.11 Å². The van der Waals surface area contributed by atoms with Crippen LogP contribution < -0.4 is 15.0 Å². The number of ether oxygens (including phenoxy) is 1. The van der Waals surface area contributed by atoms with Crippen LogP contribution in [-0.4, -0.2) is 54.1 Å². The molecule has 1 aromatic heterocycles. The first-order valence-corrected chi connectivity index (χ1v) is 9.98. The van der Waals surface area contributed by atoms with Crippen molar-refractivity contribution in [2.45, 2.75) is 6.92 Å². The summed E-state index contributed by atoms with van der Waals surface area (Å²) in [4.78, 5) is 26.1. The normalized spacial score (nSPS) is 13.8. The summed E-state index contributed by atoms with van der Waals surface area (Å²) in [6, 6.07) is 19.1. The molecular formula is C23H25N5O2. The number of carbonyl (C=O) groups is 1. The Morgan fingerprint density at radius 2 is 1.73 bits per heavy atom. The Labute approximate surface area is 176 Å². The van der Waals surface area contributed by atoms with Crippen molar-refractivity contribution in [2.24, 2.45) is 0 Å². The van der Waals surface area contributed by atoms with Crippen LogP contribution in [0.15, 0.2) is 60.7 Å². The quantitative estimate of drug-likeness (QED) is 0.703. The van der Waals surface area contributed by atoms with E-state index in [0.29, 0.717) is 43.4 Å². The van der Waals surface area contributed by atoms with Crippen molar-refractivity contribution in [3.8, 4) is 5.75 Å². The van der Waals surface area contributed by atoms with Gasteiger partial charge in [0, 0.05) is 49.2 Å². The van der Waals surface area contributed by atoms with E-state index < -0.39 is 0 Å². The maximum Gasteiger partial charge on any atom is 0.254 e. The van der Waals surface area contributed by atoms with Crippen LogP contribution in [0, 0.1) is 6.92 Å². The highest BCUT2D eigenvalue weighted by Crippen LogP contribution is 2.20. The molecule has 2 aromatic carbocycles. The zero-order valence-corrected chi connectivity index (χ0v) is 17.2. The van der Waals surface area contributed by atoms with Crippen molar-refractivity contribution in [3.05, 3.63) is 71.9 Å². The number of carbonyl (C=O) groups excluding carboxylic acids is 1. The predicted octanol–water partition coefficient (Wildman–Crippen LogP) is 3.50. The van der Waals surface area contributed by atoms with Crippen LogP contribution in [0.25, 0.3) is 0 Å². The lowest BCUT2D eigenvalue weighted by atomic mass is 10.1. The molecule has 1 aliphatic rings. The highest BCUT2D eigenvalue weighted by atomic mass is 16.5. The van der Waals surface area contributed by atoms with E-state index in [0.717, 1.165) is 17.2 Å². The molecule has 154 valence electrons. The van der Waals surface area contributed by atoms with Crippen LogP contribution in [0.4, 0.5) is 17.5 Å². The van der Waals surface area contributed by atoms with Crippen LogP contribution in [0.1, 0.15) is 16.1 Å². The lowest BCUT2D eigenvalue weighted by Crippen LogP contribution is -2.49. The molecule has 1 saturated heterocycles. The molecule has 0 unspecified atom stereocenters. The second-order valence-electron chi connectivity index (χ2n) is 7.20. The fourth-order valence-corrected chi connectivity index (χ4v) is 3.48. The summed E-state index contributed by atoms with van der Waals surface area (Å²) >= 11 is 0. The molecule has 30 heavy (non-hydrogen) atoms. The summed E-state index contributed by atoms with van der Waals surface area (Å²) in [7, 11) is 1.60. The van der Waals surface area contributed by atoms with Crippen LogP contribution in [0.3, 0.4) is 0 Å². The molecule has 0 aliphatic carbocycles. The number of anilines is 3. The fourth-order valence-electron chi connectivity index (χ4n) is 3.48. The van der Waals surface area contributed by atoms with Crippen LogP contribution in [0.2, 0.25) is 0 Å². The number of nitrogens with one attached hydrogen (secondary N) is 1. The topological polar surface area (TPSA) is 70.6 Å². The highest BCUT2D eigenvalue weighted by molar-refractivity contribution is 5.94. The standard InChI is InChI=1S/C23H25N5O2/c1-17-15-21(25-19-8-4-3-5-9-19)26-23(24-17)28-13-11-27(12-14-28)22(29)18-7-6-10-20(16-18)30-2/h3-10,15-16H,11-14H2,1-2H3,(H,24,25,26). The zero-order chi connectivity index (χ0) is 20.9. The van der Waals surface area contributed by atoms with E-state index in [1.54, 1.807) is 13.2 Å². The van der Waals surface area contributed by atoms with E-state index in [9.17, 15) is 4.79 Å². The van der Waals surface area contributed by atoms with Gasteiger partial charge < -0.3 is 19.9 Å². The van der Waals surface area contributed by atoms with Gasteiger partial charge in [-0.3, -0.25) is 4.79 Å². The molecule has 7 heteroatoms. The Kier molecular flexibility index (Phi) is 5.79. The summed E-state index contributed by atoms with van der Waals surface area (Å²) in [5.74, 6) is 2.15. The number of aryl methyl sites for hydroxylation is 1. The Morgan fingerprint density at radius 1 is 0.967 bits per heavy atom. The maximum absolute atomic E-state index is 12.8. The number of piperazine rings is 1. The van der Waals surface area contributed by atoms with E-state index in [1.165, 1.54) is 0 Å². The second kappa shape index (κ2) is 8.82. The Bertz CT molecular complexity index is 1020. The Balaban J connectivity index is 1.43. The molecule has 0 atom stereocenters. The van der Waals surface area contributed by atoms with Gasteiger partial charge in [-0.05, 0) is 37.3 Å². The number of para-hydroxylation sites is 1. The van der Waals surface area contributed by atoms with Gasteiger partial charge in [-0.1, -0.05) is 24.3 Å². The first kappa shape index (κ1) is 19.7. The number of nitrogens with zero attached hydrogens (tertiary/aromatic N) is 4. The minimum absolute atomic E-state index is 0.0187. The molecule has 0 radical (unpaired) electrons. The third kappa shape index (κ3) is 4.51. The van der Waals surface area contributed by atoms with E-state index in [1.807, 2.05) is 66.4 Å². The highest BCUT2D eigenvalue weighted by Gasteiger charge is 2.24. The third-order valence-electron chi connectivity index (χ3n) is 5.06. The van der Waals surface area contributed by atoms with E-state index in [-0.39, 0.29) is 5.91 Å². The summed E-state index contributed by atoms with van der Waals surface area (Å²) in [5, 5.41) is 3.33. The van der Waals surface area contributed by atoms with Gasteiger partial charge in [-0.15, -0.1) is 0 Å². The summed E-state index contributed by atoms with van der Waals surface area (Å²) in [5.41, 5.74) is 2.52. The summed E-state index contributed by atoms with van der Waals surface area (Å²) in [6.45, 7) is 4.57. The molecule has 4 rings (SSSR count). The van der Waals surface area contributed by atoms with Gasteiger partial charge in [0.25, 0.3) is 5.91 Å². The maximum atomic E-state index is 12.8. The summed E-state index contributed by atoms with van der Waals surface area (Å²) < 4.78 is 5.23. The van der Waals surface area contributed by atoms with E-state index in [4.69, 9.17) is 4.74 Å². The van der Waals surface area contributed by atoms with Crippen LogP contribution in [0.5, 0.6) is 5.75 Å². The van der Waals surface area contributed by atoms with Crippen molar-refractivity contribution >= 4 is 23.4 Å². The van der Waals surface area contributed by atoms with Crippen molar-refractivity contribution < 1.29 is 9.53 Å². The molecule has 0 bridgehead atoms. The number of hydrogen-bond acceptors (Lipinski definition) is 6. The lowest BCUT2D eigenvalue weighted by Gasteiger charge is -2.35. The predicted molar refractivity (Wildman–Crippen MR) is 118 cm³/mol. The summed E-state index contributed by atoms with van der Waals surface area (Å²) in [6.07, 6.45) is 0. The average Bonchev–Trinajstić information content (AvgIpc) is 2.79. The number of rotatable bonds is 5. The fraction of sp³-hybridized carbons (Fsp3) is 0.261. The van der Waals surface area contributed by atoms with Crippen LogP contribution in [-0.2, 0) is 0 Å². The Morgan fingerprint density at radius 3 is 2.47 bits per heavy atom. The number of hydrogen-bond donors (Lipinski definition) is 1. The van der Waals surface area contributed by atoms with Gasteiger partial charge in [0.2, 0.25) is 5.95 Å². The molecule has 1 aliphatic heterocycles. The minimum Gasteiger partial charge on any atom is -0.497 e. The number of benzene rings is 2. The first-order valence-electron chi connectivity index (χ1n) is 9.98. The molecule has 3 aromatic rings. The average molecular weight is 403 g/mol. The minimum atomic E-state index is 0.0187. The molecular weight excluding hydrogens is 378 g/mol. The number of amides is 1.